The van der Waals surface area contributed by atoms with Gasteiger partial charge in [0.1, 0.15) is 10.8 Å². The Morgan fingerprint density at radius 1 is 1.24 bits per heavy atom. The van der Waals surface area contributed by atoms with E-state index in [2.05, 4.69) is 20.4 Å². The zero-order chi connectivity index (χ0) is 20.1. The fourth-order valence-corrected chi connectivity index (χ4v) is 3.26. The molecule has 1 aliphatic heterocycles. The predicted octanol–water partition coefficient (Wildman–Crippen LogP) is 3.31. The van der Waals surface area contributed by atoms with Gasteiger partial charge in [-0.05, 0) is 49.1 Å². The molecule has 9 heteroatoms. The summed E-state index contributed by atoms with van der Waals surface area (Å²) in [5, 5.41) is 7.57. The highest BCUT2D eigenvalue weighted by Crippen LogP contribution is 2.21. The summed E-state index contributed by atoms with van der Waals surface area (Å²) in [6.45, 7) is 2.23. The van der Waals surface area contributed by atoms with Crippen LogP contribution in [0, 0.1) is 5.92 Å². The Morgan fingerprint density at radius 2 is 2.03 bits per heavy atom. The number of hydrogen-bond donors (Lipinski definition) is 1. The van der Waals surface area contributed by atoms with Crippen LogP contribution in [-0.2, 0) is 4.74 Å². The topological polar surface area (TPSA) is 91.2 Å². The van der Waals surface area contributed by atoms with E-state index in [0.29, 0.717) is 29.6 Å². The Bertz CT molecular complexity index is 1000. The van der Waals surface area contributed by atoms with Crippen molar-refractivity contribution in [3.63, 3.8) is 0 Å². The molecular formula is C20H20ClN5O3. The van der Waals surface area contributed by atoms with E-state index in [-0.39, 0.29) is 11.0 Å². The molecule has 3 aromatic rings. The molecule has 0 spiro atoms. The number of nitrogens with one attached hydrogen (secondary N) is 1. The van der Waals surface area contributed by atoms with Crippen LogP contribution < -0.4 is 15.6 Å². The van der Waals surface area contributed by atoms with Gasteiger partial charge in [0.05, 0.1) is 24.2 Å². The van der Waals surface area contributed by atoms with Crippen molar-refractivity contribution in [1.29, 1.82) is 0 Å². The van der Waals surface area contributed by atoms with Gasteiger partial charge >= 0.3 is 6.01 Å². The number of aromatic nitrogens is 4. The number of hydrogen-bond acceptors (Lipinski definition) is 7. The molecule has 1 aromatic carbocycles. The molecule has 1 fully saturated rings. The van der Waals surface area contributed by atoms with Gasteiger partial charge in [-0.25, -0.2) is 9.97 Å². The largest absolute Gasteiger partial charge is 0.424 e. The van der Waals surface area contributed by atoms with E-state index in [1.807, 2.05) is 0 Å². The van der Waals surface area contributed by atoms with Gasteiger partial charge in [-0.15, -0.1) is 0 Å². The zero-order valence-electron chi connectivity index (χ0n) is 15.6. The quantitative estimate of drug-likeness (QED) is 0.662. The third-order valence-electron chi connectivity index (χ3n) is 4.59. The standard InChI is InChI=1S/C20H20ClN5O3/c21-18-17(24-11-14-3-1-10-28-13-14)12-25-26(19(18)27)15-4-6-16(7-5-15)29-20-22-8-2-9-23-20/h2,4-9,12,14,24H,1,3,10-11,13H2/t14-/m0/s1. The van der Waals surface area contributed by atoms with Crippen molar-refractivity contribution < 1.29 is 9.47 Å². The van der Waals surface area contributed by atoms with Gasteiger partial charge in [-0.2, -0.15) is 9.78 Å². The van der Waals surface area contributed by atoms with Crippen molar-refractivity contribution in [3.8, 4) is 17.4 Å². The summed E-state index contributed by atoms with van der Waals surface area (Å²) >= 11 is 6.30. The van der Waals surface area contributed by atoms with Crippen molar-refractivity contribution >= 4 is 17.3 Å². The van der Waals surface area contributed by atoms with Crippen molar-refractivity contribution in [2.45, 2.75) is 12.8 Å². The van der Waals surface area contributed by atoms with Crippen molar-refractivity contribution in [3.05, 3.63) is 64.3 Å². The van der Waals surface area contributed by atoms with Crippen LogP contribution in [0.5, 0.6) is 11.8 Å². The first kappa shape index (κ1) is 19.4. The normalized spacial score (nSPS) is 16.4. The van der Waals surface area contributed by atoms with Crippen LogP contribution in [0.2, 0.25) is 5.02 Å². The molecule has 0 saturated carbocycles. The van der Waals surface area contributed by atoms with E-state index >= 15 is 0 Å². The maximum absolute atomic E-state index is 12.7. The van der Waals surface area contributed by atoms with E-state index in [4.69, 9.17) is 21.1 Å². The summed E-state index contributed by atoms with van der Waals surface area (Å²) < 4.78 is 12.3. The molecule has 1 atom stereocenters. The molecule has 0 amide bonds. The molecule has 2 aromatic heterocycles. The first-order chi connectivity index (χ1) is 14.2. The lowest BCUT2D eigenvalue weighted by Gasteiger charge is -2.22. The lowest BCUT2D eigenvalue weighted by atomic mass is 10.0. The van der Waals surface area contributed by atoms with Gasteiger partial charge in [0, 0.05) is 25.5 Å². The molecule has 0 bridgehead atoms. The second kappa shape index (κ2) is 9.02. The lowest BCUT2D eigenvalue weighted by Crippen LogP contribution is -2.26. The highest BCUT2D eigenvalue weighted by molar-refractivity contribution is 6.32. The van der Waals surface area contributed by atoms with Gasteiger partial charge < -0.3 is 14.8 Å². The second-order valence-corrected chi connectivity index (χ2v) is 7.06. The van der Waals surface area contributed by atoms with Crippen LogP contribution in [0.25, 0.3) is 5.69 Å². The Morgan fingerprint density at radius 3 is 2.76 bits per heavy atom. The average Bonchev–Trinajstić information content (AvgIpc) is 2.77. The Labute approximate surface area is 172 Å². The molecule has 4 rings (SSSR count). The predicted molar refractivity (Wildman–Crippen MR) is 109 cm³/mol. The third-order valence-corrected chi connectivity index (χ3v) is 4.95. The van der Waals surface area contributed by atoms with Gasteiger partial charge in [0.2, 0.25) is 0 Å². The molecular weight excluding hydrogens is 394 g/mol. The number of halogens is 1. The molecule has 1 N–H and O–H groups in total. The molecule has 150 valence electrons. The highest BCUT2D eigenvalue weighted by atomic mass is 35.5. The maximum atomic E-state index is 12.7. The van der Waals surface area contributed by atoms with Gasteiger partial charge in [-0.3, -0.25) is 4.79 Å². The fourth-order valence-electron chi connectivity index (χ4n) is 3.06. The minimum absolute atomic E-state index is 0.106. The van der Waals surface area contributed by atoms with Crippen molar-refractivity contribution in [2.75, 3.05) is 25.1 Å². The lowest BCUT2D eigenvalue weighted by molar-refractivity contribution is 0.0595. The van der Waals surface area contributed by atoms with Crippen LogP contribution in [-0.4, -0.2) is 39.5 Å². The summed E-state index contributed by atoms with van der Waals surface area (Å²) in [7, 11) is 0. The molecule has 0 radical (unpaired) electrons. The van der Waals surface area contributed by atoms with Gasteiger partial charge in [0.15, 0.2) is 0 Å². The van der Waals surface area contributed by atoms with Gasteiger partial charge in [-0.1, -0.05) is 11.6 Å². The molecule has 3 heterocycles. The van der Waals surface area contributed by atoms with E-state index in [0.717, 1.165) is 26.1 Å². The summed E-state index contributed by atoms with van der Waals surface area (Å²) in [5.74, 6) is 0.954. The Kier molecular flexibility index (Phi) is 6.02. The third kappa shape index (κ3) is 4.72. The minimum Gasteiger partial charge on any atom is -0.424 e. The van der Waals surface area contributed by atoms with E-state index in [1.54, 1.807) is 48.9 Å². The first-order valence-corrected chi connectivity index (χ1v) is 9.73. The molecule has 8 nitrogen and oxygen atoms in total. The summed E-state index contributed by atoms with van der Waals surface area (Å²) in [6.07, 6.45) is 6.90. The van der Waals surface area contributed by atoms with Crippen molar-refractivity contribution in [1.82, 2.24) is 19.7 Å². The highest BCUT2D eigenvalue weighted by Gasteiger charge is 2.16. The fraction of sp³-hybridized carbons (Fsp3) is 0.300. The molecule has 1 aliphatic rings. The maximum Gasteiger partial charge on any atom is 0.321 e. The summed E-state index contributed by atoms with van der Waals surface area (Å²) in [6, 6.07) is 8.81. The monoisotopic (exact) mass is 413 g/mol. The zero-order valence-corrected chi connectivity index (χ0v) is 16.4. The molecule has 0 unspecified atom stereocenters. The molecule has 29 heavy (non-hydrogen) atoms. The number of ether oxygens (including phenoxy) is 2. The summed E-state index contributed by atoms with van der Waals surface area (Å²) in [4.78, 5) is 20.7. The molecule has 0 aliphatic carbocycles. The Hall–Kier alpha value is -2.97. The van der Waals surface area contributed by atoms with Gasteiger partial charge in [0.25, 0.3) is 5.56 Å². The van der Waals surface area contributed by atoms with E-state index < -0.39 is 5.56 Å². The van der Waals surface area contributed by atoms with Crippen LogP contribution in [0.15, 0.2) is 53.7 Å². The number of benzene rings is 1. The van der Waals surface area contributed by atoms with Crippen LogP contribution in [0.1, 0.15) is 12.8 Å². The first-order valence-electron chi connectivity index (χ1n) is 9.35. The van der Waals surface area contributed by atoms with E-state index in [9.17, 15) is 4.79 Å². The second-order valence-electron chi connectivity index (χ2n) is 6.68. The molecule has 1 saturated heterocycles. The minimum atomic E-state index is -0.392. The summed E-state index contributed by atoms with van der Waals surface area (Å²) in [5.41, 5.74) is 0.710. The Balaban J connectivity index is 1.46. The van der Waals surface area contributed by atoms with Crippen LogP contribution in [0.4, 0.5) is 5.69 Å². The average molecular weight is 414 g/mol. The SMILES string of the molecule is O=c1c(Cl)c(NC[C@@H]2CCCOC2)cnn1-c1ccc(Oc2ncccn2)cc1. The number of anilines is 1. The van der Waals surface area contributed by atoms with E-state index in [1.165, 1.54) is 4.68 Å². The van der Waals surface area contributed by atoms with Crippen LogP contribution >= 0.6 is 11.6 Å². The van der Waals surface area contributed by atoms with Crippen molar-refractivity contribution in [2.24, 2.45) is 5.92 Å². The number of rotatable bonds is 6. The number of nitrogens with zero attached hydrogens (tertiary/aromatic N) is 4. The van der Waals surface area contributed by atoms with Crippen LogP contribution in [0.3, 0.4) is 0 Å². The smallest absolute Gasteiger partial charge is 0.321 e.